The summed E-state index contributed by atoms with van der Waals surface area (Å²) in [6.07, 6.45) is 11.7. The number of anilines is 1. The lowest BCUT2D eigenvalue weighted by atomic mass is 9.99. The predicted molar refractivity (Wildman–Crippen MR) is 81.7 cm³/mol. The second-order valence-corrected chi connectivity index (χ2v) is 5.69. The molecule has 0 amide bonds. The van der Waals surface area contributed by atoms with Crippen LogP contribution in [0.15, 0.2) is 24.5 Å². The maximum atomic E-state index is 5.88. The third-order valence-corrected chi connectivity index (χ3v) is 4.02. The molecule has 1 saturated carbocycles. The second-order valence-electron chi connectivity index (χ2n) is 5.69. The summed E-state index contributed by atoms with van der Waals surface area (Å²) in [4.78, 5) is 17.4. The van der Waals surface area contributed by atoms with E-state index in [0.717, 1.165) is 30.1 Å². The first-order valence-corrected chi connectivity index (χ1v) is 7.70. The Morgan fingerprint density at radius 3 is 2.57 bits per heavy atom. The van der Waals surface area contributed by atoms with Crippen molar-refractivity contribution in [2.75, 3.05) is 5.73 Å². The van der Waals surface area contributed by atoms with Crippen LogP contribution in [0.5, 0.6) is 0 Å². The van der Waals surface area contributed by atoms with Crippen molar-refractivity contribution >= 4 is 5.95 Å². The highest BCUT2D eigenvalue weighted by Gasteiger charge is 2.18. The number of rotatable bonds is 3. The number of nitrogen functional groups attached to an aromatic ring is 1. The van der Waals surface area contributed by atoms with Crippen LogP contribution in [0.25, 0.3) is 0 Å². The Bertz CT molecular complexity index is 576. The Kier molecular flexibility index (Phi) is 4.38. The van der Waals surface area contributed by atoms with Gasteiger partial charge in [0.05, 0.1) is 0 Å². The molecule has 1 aliphatic rings. The normalized spacial score (nSPS) is 16.6. The second kappa shape index (κ2) is 6.61. The molecule has 0 unspecified atom stereocenters. The molecule has 110 valence electrons. The lowest BCUT2D eigenvalue weighted by Gasteiger charge is -2.13. The van der Waals surface area contributed by atoms with Gasteiger partial charge in [0.15, 0.2) is 0 Å². The van der Waals surface area contributed by atoms with Crippen molar-refractivity contribution in [2.24, 2.45) is 0 Å². The van der Waals surface area contributed by atoms with Crippen LogP contribution < -0.4 is 5.73 Å². The number of pyridine rings is 1. The van der Waals surface area contributed by atoms with E-state index in [0.29, 0.717) is 18.3 Å². The molecule has 21 heavy (non-hydrogen) atoms. The largest absolute Gasteiger partial charge is 0.368 e. The van der Waals surface area contributed by atoms with Crippen LogP contribution in [0, 0.1) is 0 Å². The third kappa shape index (κ3) is 3.74. The van der Waals surface area contributed by atoms with Crippen molar-refractivity contribution in [3.8, 4) is 0 Å². The summed E-state index contributed by atoms with van der Waals surface area (Å²) in [5, 5.41) is 0. The van der Waals surface area contributed by atoms with Gasteiger partial charge in [0, 0.05) is 24.7 Å². The summed E-state index contributed by atoms with van der Waals surface area (Å²) in [7, 11) is 0. The standard InChI is InChI=1S/C16H21N5/c17-16-20-14(10-12-6-5-9-18-11-12)19-15(21-16)13-7-3-1-2-4-8-13/h5-6,9,11,13H,1-4,7-8,10H2,(H2,17,19,20,21). The molecule has 0 spiro atoms. The molecule has 5 nitrogen and oxygen atoms in total. The van der Waals surface area contributed by atoms with E-state index in [2.05, 4.69) is 19.9 Å². The van der Waals surface area contributed by atoms with Crippen LogP contribution in [0.4, 0.5) is 5.95 Å². The first-order valence-electron chi connectivity index (χ1n) is 7.70. The van der Waals surface area contributed by atoms with Gasteiger partial charge in [-0.25, -0.2) is 4.98 Å². The molecule has 1 fully saturated rings. The maximum Gasteiger partial charge on any atom is 0.223 e. The molecule has 2 heterocycles. The van der Waals surface area contributed by atoms with Gasteiger partial charge >= 0.3 is 0 Å². The van der Waals surface area contributed by atoms with E-state index in [1.807, 2.05) is 18.3 Å². The molecule has 3 rings (SSSR count). The molecule has 2 aromatic rings. The SMILES string of the molecule is Nc1nc(Cc2cccnc2)nc(C2CCCCCC2)n1. The van der Waals surface area contributed by atoms with Crippen molar-refractivity contribution in [3.05, 3.63) is 41.7 Å². The van der Waals surface area contributed by atoms with Crippen molar-refractivity contribution in [1.82, 2.24) is 19.9 Å². The first kappa shape index (κ1) is 13.9. The highest BCUT2D eigenvalue weighted by Crippen LogP contribution is 2.29. The Hall–Kier alpha value is -2.04. The van der Waals surface area contributed by atoms with Gasteiger partial charge in [0.25, 0.3) is 0 Å². The average Bonchev–Trinajstić information content (AvgIpc) is 2.77. The van der Waals surface area contributed by atoms with Gasteiger partial charge in [-0.1, -0.05) is 31.7 Å². The molecule has 0 saturated heterocycles. The zero-order valence-corrected chi connectivity index (χ0v) is 12.2. The van der Waals surface area contributed by atoms with Gasteiger partial charge in [0.1, 0.15) is 11.6 Å². The summed E-state index contributed by atoms with van der Waals surface area (Å²) in [6, 6.07) is 3.95. The maximum absolute atomic E-state index is 5.88. The smallest absolute Gasteiger partial charge is 0.223 e. The Balaban J connectivity index is 1.82. The topological polar surface area (TPSA) is 77.6 Å². The van der Waals surface area contributed by atoms with Crippen molar-refractivity contribution in [2.45, 2.75) is 50.9 Å². The van der Waals surface area contributed by atoms with Gasteiger partial charge in [-0.3, -0.25) is 4.98 Å². The van der Waals surface area contributed by atoms with E-state index in [1.165, 1.54) is 25.7 Å². The van der Waals surface area contributed by atoms with E-state index in [-0.39, 0.29) is 0 Å². The minimum Gasteiger partial charge on any atom is -0.368 e. The van der Waals surface area contributed by atoms with Crippen molar-refractivity contribution in [3.63, 3.8) is 0 Å². The fourth-order valence-electron chi connectivity index (χ4n) is 2.94. The lowest BCUT2D eigenvalue weighted by Crippen LogP contribution is -2.11. The number of nitrogens with two attached hydrogens (primary N) is 1. The average molecular weight is 283 g/mol. The molecule has 5 heteroatoms. The summed E-state index contributed by atoms with van der Waals surface area (Å²) in [6.45, 7) is 0. The number of hydrogen-bond donors (Lipinski definition) is 1. The molecule has 2 aromatic heterocycles. The third-order valence-electron chi connectivity index (χ3n) is 4.02. The summed E-state index contributed by atoms with van der Waals surface area (Å²) < 4.78 is 0. The summed E-state index contributed by atoms with van der Waals surface area (Å²) >= 11 is 0. The van der Waals surface area contributed by atoms with Crippen LogP contribution in [0.3, 0.4) is 0 Å². The van der Waals surface area contributed by atoms with Gasteiger partial charge in [0.2, 0.25) is 5.95 Å². The minimum atomic E-state index is 0.336. The number of nitrogens with zero attached hydrogens (tertiary/aromatic N) is 4. The molecular formula is C16H21N5. The molecular weight excluding hydrogens is 262 g/mol. The summed E-state index contributed by atoms with van der Waals surface area (Å²) in [5.41, 5.74) is 6.97. The summed E-state index contributed by atoms with van der Waals surface area (Å²) in [5.74, 6) is 2.40. The van der Waals surface area contributed by atoms with Crippen molar-refractivity contribution < 1.29 is 0 Å². The zero-order chi connectivity index (χ0) is 14.5. The van der Waals surface area contributed by atoms with E-state index in [4.69, 9.17) is 5.73 Å². The predicted octanol–water partition coefficient (Wildman–Crippen LogP) is 2.88. The van der Waals surface area contributed by atoms with Gasteiger partial charge in [-0.05, 0) is 24.5 Å². The molecule has 2 N–H and O–H groups in total. The van der Waals surface area contributed by atoms with Crippen LogP contribution >= 0.6 is 0 Å². The van der Waals surface area contributed by atoms with Crippen LogP contribution in [0.2, 0.25) is 0 Å². The Morgan fingerprint density at radius 2 is 1.86 bits per heavy atom. The fourth-order valence-corrected chi connectivity index (χ4v) is 2.94. The van der Waals surface area contributed by atoms with Gasteiger partial charge in [-0.2, -0.15) is 9.97 Å². The van der Waals surface area contributed by atoms with Crippen molar-refractivity contribution in [1.29, 1.82) is 0 Å². The quantitative estimate of drug-likeness (QED) is 0.876. The Labute approximate surface area is 125 Å². The number of aromatic nitrogens is 4. The monoisotopic (exact) mass is 283 g/mol. The van der Waals surface area contributed by atoms with Crippen LogP contribution in [0.1, 0.15) is 61.7 Å². The van der Waals surface area contributed by atoms with E-state index < -0.39 is 0 Å². The van der Waals surface area contributed by atoms with Crippen LogP contribution in [-0.4, -0.2) is 19.9 Å². The Morgan fingerprint density at radius 1 is 1.05 bits per heavy atom. The van der Waals surface area contributed by atoms with E-state index in [9.17, 15) is 0 Å². The first-order chi connectivity index (χ1) is 10.3. The van der Waals surface area contributed by atoms with E-state index >= 15 is 0 Å². The molecule has 0 aromatic carbocycles. The van der Waals surface area contributed by atoms with Crippen LogP contribution in [-0.2, 0) is 6.42 Å². The molecule has 0 radical (unpaired) electrons. The van der Waals surface area contributed by atoms with Gasteiger partial charge < -0.3 is 5.73 Å². The van der Waals surface area contributed by atoms with E-state index in [1.54, 1.807) is 6.20 Å². The highest BCUT2D eigenvalue weighted by atomic mass is 15.1. The molecule has 0 aliphatic heterocycles. The minimum absolute atomic E-state index is 0.336. The molecule has 0 bridgehead atoms. The molecule has 1 aliphatic carbocycles. The fraction of sp³-hybridized carbons (Fsp3) is 0.500. The van der Waals surface area contributed by atoms with Gasteiger partial charge in [-0.15, -0.1) is 0 Å². The zero-order valence-electron chi connectivity index (χ0n) is 12.2. The lowest BCUT2D eigenvalue weighted by molar-refractivity contribution is 0.555. The molecule has 0 atom stereocenters. The highest BCUT2D eigenvalue weighted by molar-refractivity contribution is 5.21. The number of hydrogen-bond acceptors (Lipinski definition) is 5.